The van der Waals surface area contributed by atoms with E-state index in [1.807, 2.05) is 0 Å². The van der Waals surface area contributed by atoms with Crippen LogP contribution in [0.1, 0.15) is 23.6 Å². The Morgan fingerprint density at radius 2 is 2.07 bits per heavy atom. The smallest absolute Gasteiger partial charge is 0.0667 e. The first-order valence-corrected chi connectivity index (χ1v) is 5.43. The third-order valence-electron chi connectivity index (χ3n) is 2.87. The minimum Gasteiger partial charge on any atom is -0.380 e. The lowest BCUT2D eigenvalue weighted by Crippen LogP contribution is -2.25. The normalized spacial score (nSPS) is 12.8. The maximum Gasteiger partial charge on any atom is 0.0667 e. The van der Waals surface area contributed by atoms with Crippen molar-refractivity contribution in [1.82, 2.24) is 5.32 Å². The lowest BCUT2D eigenvalue weighted by atomic mass is 10.0. The largest absolute Gasteiger partial charge is 0.380 e. The maximum atomic E-state index is 5.18. The van der Waals surface area contributed by atoms with Crippen LogP contribution in [-0.4, -0.2) is 19.8 Å². The predicted octanol–water partition coefficient (Wildman–Crippen LogP) is 2.43. The van der Waals surface area contributed by atoms with Gasteiger partial charge in [0.25, 0.3) is 0 Å². The van der Waals surface area contributed by atoms with Gasteiger partial charge in [0.2, 0.25) is 0 Å². The second kappa shape index (κ2) is 5.89. The molecule has 0 heterocycles. The minimum absolute atomic E-state index is 0.273. The average Bonchev–Trinajstić information content (AvgIpc) is 2.24. The zero-order valence-electron chi connectivity index (χ0n) is 10.1. The van der Waals surface area contributed by atoms with Crippen LogP contribution in [0.5, 0.6) is 0 Å². The van der Waals surface area contributed by atoms with Gasteiger partial charge >= 0.3 is 0 Å². The Kier molecular flexibility index (Phi) is 4.79. The van der Waals surface area contributed by atoms with Gasteiger partial charge in [-0.2, -0.15) is 0 Å². The highest BCUT2D eigenvalue weighted by Crippen LogP contribution is 2.12. The third kappa shape index (κ3) is 3.65. The number of benzene rings is 1. The molecule has 0 aliphatic heterocycles. The van der Waals surface area contributed by atoms with Crippen molar-refractivity contribution in [2.75, 3.05) is 13.7 Å². The van der Waals surface area contributed by atoms with E-state index < -0.39 is 0 Å². The van der Waals surface area contributed by atoms with Gasteiger partial charge < -0.3 is 10.1 Å². The van der Waals surface area contributed by atoms with E-state index in [9.17, 15) is 0 Å². The van der Waals surface area contributed by atoms with E-state index in [0.717, 1.165) is 13.1 Å². The Hall–Kier alpha value is -0.860. The standard InChI is InChI=1S/C13H21NO/c1-10-6-5-7-13(12(10)3)9-14-8-11(2)15-4/h5-7,11,14H,8-9H2,1-4H3. The van der Waals surface area contributed by atoms with Crippen LogP contribution in [0.25, 0.3) is 0 Å². The summed E-state index contributed by atoms with van der Waals surface area (Å²) in [6.07, 6.45) is 0.273. The molecule has 1 N–H and O–H groups in total. The van der Waals surface area contributed by atoms with Crippen molar-refractivity contribution in [3.63, 3.8) is 0 Å². The number of ether oxygens (including phenoxy) is 1. The number of rotatable bonds is 5. The van der Waals surface area contributed by atoms with Crippen LogP contribution in [-0.2, 0) is 11.3 Å². The highest BCUT2D eigenvalue weighted by atomic mass is 16.5. The summed E-state index contributed by atoms with van der Waals surface area (Å²) in [4.78, 5) is 0. The van der Waals surface area contributed by atoms with Gasteiger partial charge in [-0.05, 0) is 37.5 Å². The molecular weight excluding hydrogens is 186 g/mol. The van der Waals surface area contributed by atoms with Gasteiger partial charge in [0.1, 0.15) is 0 Å². The zero-order valence-corrected chi connectivity index (χ0v) is 10.1. The summed E-state index contributed by atoms with van der Waals surface area (Å²) >= 11 is 0. The van der Waals surface area contributed by atoms with Gasteiger partial charge in [-0.1, -0.05) is 18.2 Å². The molecule has 1 rings (SSSR count). The van der Waals surface area contributed by atoms with Crippen molar-refractivity contribution in [2.45, 2.75) is 33.4 Å². The van der Waals surface area contributed by atoms with Crippen LogP contribution in [0, 0.1) is 13.8 Å². The van der Waals surface area contributed by atoms with Crippen LogP contribution < -0.4 is 5.32 Å². The van der Waals surface area contributed by atoms with E-state index in [0.29, 0.717) is 0 Å². The molecule has 1 aromatic rings. The molecule has 2 heteroatoms. The van der Waals surface area contributed by atoms with Gasteiger partial charge in [-0.25, -0.2) is 0 Å². The lowest BCUT2D eigenvalue weighted by molar-refractivity contribution is 0.117. The quantitative estimate of drug-likeness (QED) is 0.800. The third-order valence-corrected chi connectivity index (χ3v) is 2.87. The monoisotopic (exact) mass is 207 g/mol. The molecule has 84 valence electrons. The van der Waals surface area contributed by atoms with Crippen LogP contribution in [0.15, 0.2) is 18.2 Å². The Balaban J connectivity index is 2.47. The van der Waals surface area contributed by atoms with Crippen molar-refractivity contribution in [1.29, 1.82) is 0 Å². The van der Waals surface area contributed by atoms with Crippen molar-refractivity contribution in [3.8, 4) is 0 Å². The number of hydrogen-bond donors (Lipinski definition) is 1. The lowest BCUT2D eigenvalue weighted by Gasteiger charge is -2.12. The average molecular weight is 207 g/mol. The van der Waals surface area contributed by atoms with Crippen LogP contribution in [0.3, 0.4) is 0 Å². The fourth-order valence-electron chi connectivity index (χ4n) is 1.50. The van der Waals surface area contributed by atoms with Crippen LogP contribution in [0.2, 0.25) is 0 Å². The highest BCUT2D eigenvalue weighted by molar-refractivity contribution is 5.32. The van der Waals surface area contributed by atoms with E-state index in [4.69, 9.17) is 4.74 Å². The molecule has 0 saturated heterocycles. The molecule has 0 saturated carbocycles. The molecule has 0 aliphatic rings. The first-order chi connectivity index (χ1) is 7.15. The van der Waals surface area contributed by atoms with Crippen molar-refractivity contribution in [2.24, 2.45) is 0 Å². The van der Waals surface area contributed by atoms with Gasteiger partial charge in [0, 0.05) is 20.2 Å². The molecular formula is C13H21NO. The van der Waals surface area contributed by atoms with E-state index in [2.05, 4.69) is 44.3 Å². The molecule has 15 heavy (non-hydrogen) atoms. The molecule has 1 unspecified atom stereocenters. The van der Waals surface area contributed by atoms with Gasteiger partial charge in [0.15, 0.2) is 0 Å². The van der Waals surface area contributed by atoms with E-state index in [-0.39, 0.29) is 6.10 Å². The molecule has 0 fully saturated rings. The minimum atomic E-state index is 0.273. The fourth-order valence-corrected chi connectivity index (χ4v) is 1.50. The van der Waals surface area contributed by atoms with E-state index >= 15 is 0 Å². The summed E-state index contributed by atoms with van der Waals surface area (Å²) in [5, 5.41) is 3.40. The Labute approximate surface area is 92.6 Å². The second-order valence-electron chi connectivity index (χ2n) is 4.04. The summed E-state index contributed by atoms with van der Waals surface area (Å²) in [5.74, 6) is 0. The molecule has 2 nitrogen and oxygen atoms in total. The predicted molar refractivity (Wildman–Crippen MR) is 64.1 cm³/mol. The van der Waals surface area contributed by atoms with Gasteiger partial charge in [0.05, 0.1) is 6.10 Å². The number of aryl methyl sites for hydroxylation is 1. The maximum absolute atomic E-state index is 5.18. The number of hydrogen-bond acceptors (Lipinski definition) is 2. The molecule has 0 aliphatic carbocycles. The molecule has 0 radical (unpaired) electrons. The first-order valence-electron chi connectivity index (χ1n) is 5.43. The van der Waals surface area contributed by atoms with Crippen LogP contribution in [0.4, 0.5) is 0 Å². The molecule has 1 atom stereocenters. The molecule has 0 aromatic heterocycles. The van der Waals surface area contributed by atoms with Gasteiger partial charge in [-0.3, -0.25) is 0 Å². The molecule has 1 aromatic carbocycles. The van der Waals surface area contributed by atoms with E-state index in [1.54, 1.807) is 7.11 Å². The Bertz CT molecular complexity index is 309. The van der Waals surface area contributed by atoms with E-state index in [1.165, 1.54) is 16.7 Å². The van der Waals surface area contributed by atoms with Crippen molar-refractivity contribution in [3.05, 3.63) is 34.9 Å². The zero-order chi connectivity index (χ0) is 11.3. The first kappa shape index (κ1) is 12.2. The number of methoxy groups -OCH3 is 1. The summed E-state index contributed by atoms with van der Waals surface area (Å²) in [7, 11) is 1.74. The summed E-state index contributed by atoms with van der Waals surface area (Å²) in [5.41, 5.74) is 4.11. The molecule has 0 spiro atoms. The van der Waals surface area contributed by atoms with Gasteiger partial charge in [-0.15, -0.1) is 0 Å². The second-order valence-corrected chi connectivity index (χ2v) is 4.04. The summed E-state index contributed by atoms with van der Waals surface area (Å²) in [6, 6.07) is 6.43. The fraction of sp³-hybridized carbons (Fsp3) is 0.538. The number of nitrogens with one attached hydrogen (secondary N) is 1. The highest BCUT2D eigenvalue weighted by Gasteiger charge is 2.01. The topological polar surface area (TPSA) is 21.3 Å². The molecule has 0 bridgehead atoms. The Morgan fingerprint density at radius 1 is 1.33 bits per heavy atom. The molecule has 0 amide bonds. The summed E-state index contributed by atoms with van der Waals surface area (Å²) in [6.45, 7) is 8.20. The van der Waals surface area contributed by atoms with Crippen LogP contribution >= 0.6 is 0 Å². The van der Waals surface area contributed by atoms with Crippen molar-refractivity contribution >= 4 is 0 Å². The summed E-state index contributed by atoms with van der Waals surface area (Å²) < 4.78 is 5.18. The Morgan fingerprint density at radius 3 is 2.73 bits per heavy atom. The van der Waals surface area contributed by atoms with Crippen molar-refractivity contribution < 1.29 is 4.74 Å². The SMILES string of the molecule is COC(C)CNCc1cccc(C)c1C.